The van der Waals surface area contributed by atoms with Gasteiger partial charge in [-0.1, -0.05) is 42.0 Å². The molecule has 2 amide bonds. The van der Waals surface area contributed by atoms with Crippen LogP contribution < -0.4 is 10.6 Å². The summed E-state index contributed by atoms with van der Waals surface area (Å²) in [5.74, 6) is -0.811. The van der Waals surface area contributed by atoms with Crippen LogP contribution in [-0.4, -0.2) is 22.6 Å². The number of Topliss-reactive ketones (excluding diaryl/α,β-unsaturated/α-hetero) is 1. The van der Waals surface area contributed by atoms with Gasteiger partial charge in [-0.3, -0.25) is 19.4 Å². The molecule has 1 aromatic heterocycles. The van der Waals surface area contributed by atoms with E-state index in [1.165, 1.54) is 25.4 Å². The molecular formula is C23H21N3O3. The number of rotatable bonds is 6. The quantitative estimate of drug-likeness (QED) is 0.630. The minimum absolute atomic E-state index is 0.0879. The molecule has 0 saturated heterocycles. The average molecular weight is 387 g/mol. The van der Waals surface area contributed by atoms with Gasteiger partial charge in [-0.25, -0.2) is 0 Å². The lowest BCUT2D eigenvalue weighted by Gasteiger charge is -2.09. The Bertz CT molecular complexity index is 1080. The molecular weight excluding hydrogens is 366 g/mol. The maximum Gasteiger partial charge on any atom is 0.257 e. The third-order valence-corrected chi connectivity index (χ3v) is 4.33. The predicted molar refractivity (Wildman–Crippen MR) is 111 cm³/mol. The number of carbonyl (C=O) groups is 3. The minimum Gasteiger partial charge on any atom is -0.348 e. The van der Waals surface area contributed by atoms with Gasteiger partial charge in [-0.2, -0.15) is 0 Å². The van der Waals surface area contributed by atoms with E-state index in [-0.39, 0.29) is 17.3 Å². The fourth-order valence-corrected chi connectivity index (χ4v) is 2.81. The zero-order valence-corrected chi connectivity index (χ0v) is 16.2. The standard InChI is InChI=1S/C23H21N3O3/c1-15-5-3-6-17(9-15)12-25-22(28)19-10-20(14-24-13-19)23(29)26-21-8-4-7-18(11-21)16(2)27/h3-11,13-14H,12H2,1-2H3,(H,25,28)(H,26,29). The number of amides is 2. The fraction of sp³-hybridized carbons (Fsp3) is 0.130. The Labute approximate surface area is 169 Å². The van der Waals surface area contributed by atoms with Gasteiger partial charge in [-0.15, -0.1) is 0 Å². The van der Waals surface area contributed by atoms with Gasteiger partial charge in [-0.05, 0) is 37.6 Å². The number of aryl methyl sites for hydroxylation is 1. The molecule has 6 nitrogen and oxygen atoms in total. The molecule has 0 radical (unpaired) electrons. The van der Waals surface area contributed by atoms with Crippen molar-refractivity contribution in [3.63, 3.8) is 0 Å². The number of ketones is 1. The average Bonchev–Trinajstić information content (AvgIpc) is 2.72. The number of aromatic nitrogens is 1. The summed E-state index contributed by atoms with van der Waals surface area (Å²) >= 11 is 0. The van der Waals surface area contributed by atoms with Crippen molar-refractivity contribution in [2.45, 2.75) is 20.4 Å². The first kappa shape index (κ1) is 19.9. The molecule has 1 heterocycles. The molecule has 0 unspecified atom stereocenters. The topological polar surface area (TPSA) is 88.2 Å². The van der Waals surface area contributed by atoms with E-state index >= 15 is 0 Å². The molecule has 0 spiro atoms. The Morgan fingerprint density at radius 2 is 1.59 bits per heavy atom. The van der Waals surface area contributed by atoms with E-state index in [4.69, 9.17) is 0 Å². The number of hydrogen-bond donors (Lipinski definition) is 2. The maximum atomic E-state index is 12.5. The lowest BCUT2D eigenvalue weighted by atomic mass is 10.1. The van der Waals surface area contributed by atoms with E-state index < -0.39 is 5.91 Å². The molecule has 0 saturated carbocycles. The van der Waals surface area contributed by atoms with Crippen molar-refractivity contribution < 1.29 is 14.4 Å². The summed E-state index contributed by atoms with van der Waals surface area (Å²) in [6, 6.07) is 16.0. The number of nitrogens with one attached hydrogen (secondary N) is 2. The Morgan fingerprint density at radius 3 is 2.31 bits per heavy atom. The Kier molecular flexibility index (Phi) is 6.14. The zero-order valence-electron chi connectivity index (χ0n) is 16.2. The maximum absolute atomic E-state index is 12.5. The molecule has 0 aliphatic carbocycles. The Hall–Kier alpha value is -3.80. The Morgan fingerprint density at radius 1 is 0.862 bits per heavy atom. The summed E-state index contributed by atoms with van der Waals surface area (Å²) in [4.78, 5) is 40.5. The van der Waals surface area contributed by atoms with Crippen LogP contribution in [-0.2, 0) is 6.54 Å². The lowest BCUT2D eigenvalue weighted by molar-refractivity contribution is 0.0949. The van der Waals surface area contributed by atoms with Gasteiger partial charge < -0.3 is 10.6 Å². The van der Waals surface area contributed by atoms with E-state index in [1.807, 2.05) is 31.2 Å². The summed E-state index contributed by atoms with van der Waals surface area (Å²) in [6.45, 7) is 3.84. The molecule has 2 N–H and O–H groups in total. The summed E-state index contributed by atoms with van der Waals surface area (Å²) in [6.07, 6.45) is 2.81. The molecule has 3 rings (SSSR count). The predicted octanol–water partition coefficient (Wildman–Crippen LogP) is 3.77. The highest BCUT2D eigenvalue weighted by Gasteiger charge is 2.12. The third-order valence-electron chi connectivity index (χ3n) is 4.33. The van der Waals surface area contributed by atoms with Gasteiger partial charge in [0.2, 0.25) is 0 Å². The largest absolute Gasteiger partial charge is 0.348 e. The van der Waals surface area contributed by atoms with Crippen LogP contribution in [0.15, 0.2) is 67.0 Å². The highest BCUT2D eigenvalue weighted by molar-refractivity contribution is 6.06. The van der Waals surface area contributed by atoms with E-state index in [2.05, 4.69) is 15.6 Å². The molecule has 146 valence electrons. The molecule has 0 atom stereocenters. The highest BCUT2D eigenvalue weighted by Crippen LogP contribution is 2.13. The molecule has 0 fully saturated rings. The first-order valence-corrected chi connectivity index (χ1v) is 9.13. The summed E-state index contributed by atoms with van der Waals surface area (Å²) in [5, 5.41) is 5.55. The highest BCUT2D eigenvalue weighted by atomic mass is 16.2. The van der Waals surface area contributed by atoms with Crippen molar-refractivity contribution >= 4 is 23.3 Å². The van der Waals surface area contributed by atoms with Crippen molar-refractivity contribution in [2.24, 2.45) is 0 Å². The van der Waals surface area contributed by atoms with Gasteiger partial charge >= 0.3 is 0 Å². The van der Waals surface area contributed by atoms with Crippen LogP contribution in [0.3, 0.4) is 0 Å². The minimum atomic E-state index is -0.411. The first-order valence-electron chi connectivity index (χ1n) is 9.13. The van der Waals surface area contributed by atoms with Crippen molar-refractivity contribution in [2.75, 3.05) is 5.32 Å². The van der Waals surface area contributed by atoms with Crippen molar-refractivity contribution in [1.29, 1.82) is 0 Å². The molecule has 0 aliphatic rings. The lowest BCUT2D eigenvalue weighted by Crippen LogP contribution is -2.23. The normalized spacial score (nSPS) is 10.3. The molecule has 6 heteroatoms. The van der Waals surface area contributed by atoms with E-state index in [0.29, 0.717) is 23.4 Å². The summed E-state index contributed by atoms with van der Waals surface area (Å²) in [5.41, 5.74) is 3.66. The molecule has 29 heavy (non-hydrogen) atoms. The van der Waals surface area contributed by atoms with Crippen LogP contribution in [0.25, 0.3) is 0 Å². The molecule has 3 aromatic rings. The van der Waals surface area contributed by atoms with Crippen LogP contribution in [0.5, 0.6) is 0 Å². The zero-order chi connectivity index (χ0) is 20.8. The smallest absolute Gasteiger partial charge is 0.257 e. The van der Waals surface area contributed by atoms with Crippen molar-refractivity contribution in [1.82, 2.24) is 10.3 Å². The van der Waals surface area contributed by atoms with Gasteiger partial charge in [0.15, 0.2) is 5.78 Å². The SMILES string of the molecule is CC(=O)c1cccc(NC(=O)c2cncc(C(=O)NCc3cccc(C)c3)c2)c1. The molecule has 2 aromatic carbocycles. The van der Waals surface area contributed by atoms with Crippen LogP contribution in [0.4, 0.5) is 5.69 Å². The van der Waals surface area contributed by atoms with Crippen LogP contribution in [0.2, 0.25) is 0 Å². The first-order chi connectivity index (χ1) is 13.9. The molecule has 0 aliphatic heterocycles. The second-order valence-corrected chi connectivity index (χ2v) is 6.73. The van der Waals surface area contributed by atoms with Gasteiger partial charge in [0.05, 0.1) is 11.1 Å². The van der Waals surface area contributed by atoms with Crippen molar-refractivity contribution in [3.8, 4) is 0 Å². The fourth-order valence-electron chi connectivity index (χ4n) is 2.81. The third kappa shape index (κ3) is 5.35. The number of benzene rings is 2. The van der Waals surface area contributed by atoms with Crippen molar-refractivity contribution in [3.05, 3.63) is 94.8 Å². The molecule has 0 bridgehead atoms. The van der Waals surface area contributed by atoms with Gasteiger partial charge in [0, 0.05) is 30.2 Å². The van der Waals surface area contributed by atoms with Crippen LogP contribution in [0, 0.1) is 6.92 Å². The summed E-state index contributed by atoms with van der Waals surface area (Å²) < 4.78 is 0. The number of anilines is 1. The number of pyridine rings is 1. The second kappa shape index (κ2) is 8.93. The van der Waals surface area contributed by atoms with E-state index in [1.54, 1.807) is 24.3 Å². The number of carbonyl (C=O) groups excluding carboxylic acids is 3. The monoisotopic (exact) mass is 387 g/mol. The summed E-state index contributed by atoms with van der Waals surface area (Å²) in [7, 11) is 0. The van der Waals surface area contributed by atoms with Gasteiger partial charge in [0.1, 0.15) is 0 Å². The van der Waals surface area contributed by atoms with E-state index in [9.17, 15) is 14.4 Å². The van der Waals surface area contributed by atoms with Gasteiger partial charge in [0.25, 0.3) is 11.8 Å². The second-order valence-electron chi connectivity index (χ2n) is 6.73. The Balaban J connectivity index is 1.68. The van der Waals surface area contributed by atoms with Crippen LogP contribution >= 0.6 is 0 Å². The van der Waals surface area contributed by atoms with E-state index in [0.717, 1.165) is 11.1 Å². The number of nitrogens with zero attached hydrogens (tertiary/aromatic N) is 1. The van der Waals surface area contributed by atoms with Crippen LogP contribution in [0.1, 0.15) is 49.1 Å². The number of hydrogen-bond acceptors (Lipinski definition) is 4.